The fourth-order valence-corrected chi connectivity index (χ4v) is 3.83. The highest BCUT2D eigenvalue weighted by Crippen LogP contribution is 2.34. The van der Waals surface area contributed by atoms with Crippen LogP contribution in [0.15, 0.2) is 30.3 Å². The highest BCUT2D eigenvalue weighted by atomic mass is 16.2. The van der Waals surface area contributed by atoms with Crippen molar-refractivity contribution in [2.45, 2.75) is 71.5 Å². The van der Waals surface area contributed by atoms with Crippen molar-refractivity contribution in [3.8, 4) is 0 Å². The van der Waals surface area contributed by atoms with E-state index < -0.39 is 11.6 Å². The van der Waals surface area contributed by atoms with Crippen LogP contribution >= 0.6 is 0 Å². The molecule has 0 aromatic heterocycles. The van der Waals surface area contributed by atoms with Gasteiger partial charge in [0.25, 0.3) is 5.91 Å². The van der Waals surface area contributed by atoms with Gasteiger partial charge >= 0.3 is 6.03 Å². The molecule has 1 aliphatic heterocycles. The Kier molecular flexibility index (Phi) is 6.63. The maximum atomic E-state index is 13.3. The highest BCUT2D eigenvalue weighted by molar-refractivity contribution is 6.09. The van der Waals surface area contributed by atoms with Gasteiger partial charge in [0.1, 0.15) is 12.1 Å². The number of hydrogen-bond donors (Lipinski definition) is 1. The molecule has 1 aromatic carbocycles. The number of carbonyl (C=O) groups excluding carboxylic acids is 3. The number of amides is 4. The van der Waals surface area contributed by atoms with Gasteiger partial charge < -0.3 is 10.2 Å². The van der Waals surface area contributed by atoms with Crippen LogP contribution in [0.2, 0.25) is 0 Å². The van der Waals surface area contributed by atoms with Crippen LogP contribution in [0.25, 0.3) is 0 Å². The Hall–Kier alpha value is -2.37. The van der Waals surface area contributed by atoms with Crippen LogP contribution in [0.5, 0.6) is 0 Å². The Labute approximate surface area is 161 Å². The standard InChI is InChI=1S/C21H31N3O3/c1-6-7-13-21(17-11-9-8-10-12-17)19(26)23(20(27)22-21)14-18(25)24(15(2)3)16(4)5/h8-12,15-16H,6-7,13-14H2,1-5H3,(H,22,27). The van der Waals surface area contributed by atoms with Crippen LogP contribution < -0.4 is 5.32 Å². The summed E-state index contributed by atoms with van der Waals surface area (Å²) in [6, 6.07) is 8.80. The Morgan fingerprint density at radius 3 is 2.22 bits per heavy atom. The Morgan fingerprint density at radius 1 is 1.11 bits per heavy atom. The largest absolute Gasteiger partial charge is 0.336 e. The van der Waals surface area contributed by atoms with Crippen molar-refractivity contribution in [1.82, 2.24) is 15.1 Å². The lowest BCUT2D eigenvalue weighted by molar-refractivity contribution is -0.141. The van der Waals surface area contributed by atoms with Crippen LogP contribution in [0.4, 0.5) is 4.79 Å². The van der Waals surface area contributed by atoms with Crippen molar-refractivity contribution in [2.24, 2.45) is 0 Å². The topological polar surface area (TPSA) is 69.7 Å². The number of urea groups is 1. The summed E-state index contributed by atoms with van der Waals surface area (Å²) >= 11 is 0. The van der Waals surface area contributed by atoms with Crippen LogP contribution in [-0.2, 0) is 15.1 Å². The Bertz CT molecular complexity index is 679. The van der Waals surface area contributed by atoms with Crippen molar-refractivity contribution >= 4 is 17.8 Å². The SMILES string of the molecule is CCCCC1(c2ccccc2)NC(=O)N(CC(=O)N(C(C)C)C(C)C)C1=O. The molecule has 1 atom stereocenters. The number of nitrogens with one attached hydrogen (secondary N) is 1. The van der Waals surface area contributed by atoms with Crippen molar-refractivity contribution in [1.29, 1.82) is 0 Å². The van der Waals surface area contributed by atoms with Crippen molar-refractivity contribution in [3.63, 3.8) is 0 Å². The van der Waals surface area contributed by atoms with Gasteiger partial charge in [0.2, 0.25) is 5.91 Å². The molecule has 148 valence electrons. The molecule has 0 bridgehead atoms. The fourth-order valence-electron chi connectivity index (χ4n) is 3.83. The van der Waals surface area contributed by atoms with Gasteiger partial charge in [-0.15, -0.1) is 0 Å². The predicted molar refractivity (Wildman–Crippen MR) is 105 cm³/mol. The average molecular weight is 373 g/mol. The first-order valence-corrected chi connectivity index (χ1v) is 9.75. The number of hydrogen-bond acceptors (Lipinski definition) is 3. The monoisotopic (exact) mass is 373 g/mol. The summed E-state index contributed by atoms with van der Waals surface area (Å²) in [6.45, 7) is 9.53. The molecule has 27 heavy (non-hydrogen) atoms. The second-order valence-corrected chi connectivity index (χ2v) is 7.68. The van der Waals surface area contributed by atoms with E-state index in [0.717, 1.165) is 23.3 Å². The number of benzene rings is 1. The van der Waals surface area contributed by atoms with Crippen molar-refractivity contribution in [3.05, 3.63) is 35.9 Å². The molecule has 2 rings (SSSR count). The molecule has 6 heteroatoms. The number of unbranched alkanes of at least 4 members (excludes halogenated alkanes) is 1. The molecular weight excluding hydrogens is 342 g/mol. The predicted octanol–water partition coefficient (Wildman–Crippen LogP) is 3.27. The maximum Gasteiger partial charge on any atom is 0.325 e. The van der Waals surface area contributed by atoms with E-state index in [1.807, 2.05) is 65.0 Å². The van der Waals surface area contributed by atoms with E-state index in [4.69, 9.17) is 0 Å². The normalized spacial score (nSPS) is 19.7. The molecule has 1 aromatic rings. The molecule has 1 aliphatic rings. The van der Waals surface area contributed by atoms with Crippen molar-refractivity contribution < 1.29 is 14.4 Å². The summed E-state index contributed by atoms with van der Waals surface area (Å²) < 4.78 is 0. The molecule has 1 saturated heterocycles. The Balaban J connectivity index is 2.31. The van der Waals surface area contributed by atoms with Gasteiger partial charge in [-0.1, -0.05) is 50.1 Å². The van der Waals surface area contributed by atoms with E-state index in [2.05, 4.69) is 5.32 Å². The molecule has 4 amide bonds. The fraction of sp³-hybridized carbons (Fsp3) is 0.571. The molecule has 6 nitrogen and oxygen atoms in total. The van der Waals surface area contributed by atoms with Crippen molar-refractivity contribution in [2.75, 3.05) is 6.54 Å². The first-order valence-electron chi connectivity index (χ1n) is 9.75. The van der Waals surface area contributed by atoms with E-state index in [0.29, 0.717) is 6.42 Å². The summed E-state index contributed by atoms with van der Waals surface area (Å²) in [4.78, 5) is 41.5. The second-order valence-electron chi connectivity index (χ2n) is 7.68. The molecule has 1 unspecified atom stereocenters. The minimum Gasteiger partial charge on any atom is -0.336 e. The smallest absolute Gasteiger partial charge is 0.325 e. The molecule has 0 spiro atoms. The average Bonchev–Trinajstić information content (AvgIpc) is 2.85. The third-order valence-electron chi connectivity index (χ3n) is 5.04. The minimum absolute atomic E-state index is 0.00256. The lowest BCUT2D eigenvalue weighted by Crippen LogP contribution is -2.49. The van der Waals surface area contributed by atoms with Gasteiger partial charge in [0, 0.05) is 12.1 Å². The van der Waals surface area contributed by atoms with E-state index in [1.54, 1.807) is 4.90 Å². The van der Waals surface area contributed by atoms with E-state index >= 15 is 0 Å². The van der Waals surface area contributed by atoms with Crippen LogP contribution in [0.1, 0.15) is 59.4 Å². The summed E-state index contributed by atoms with van der Waals surface area (Å²) in [7, 11) is 0. The maximum absolute atomic E-state index is 13.3. The highest BCUT2D eigenvalue weighted by Gasteiger charge is 2.52. The number of rotatable bonds is 8. The minimum atomic E-state index is -1.09. The Morgan fingerprint density at radius 2 is 1.70 bits per heavy atom. The second kappa shape index (κ2) is 8.55. The van der Waals surface area contributed by atoms with Crippen LogP contribution in [0, 0.1) is 0 Å². The number of imide groups is 1. The molecule has 0 saturated carbocycles. The lowest BCUT2D eigenvalue weighted by Gasteiger charge is -2.32. The molecule has 0 aliphatic carbocycles. The van der Waals surface area contributed by atoms with Gasteiger partial charge in [0.15, 0.2) is 0 Å². The summed E-state index contributed by atoms with van der Waals surface area (Å²) in [5, 5.41) is 2.89. The number of carbonyl (C=O) groups is 3. The quantitative estimate of drug-likeness (QED) is 0.711. The first kappa shape index (κ1) is 20.9. The van der Waals surface area contributed by atoms with Gasteiger partial charge in [-0.3, -0.25) is 14.5 Å². The van der Waals surface area contributed by atoms with E-state index in [-0.39, 0.29) is 30.4 Å². The van der Waals surface area contributed by atoms with Gasteiger partial charge in [-0.2, -0.15) is 0 Å². The van der Waals surface area contributed by atoms with Crippen LogP contribution in [-0.4, -0.2) is 46.3 Å². The zero-order valence-electron chi connectivity index (χ0n) is 17.0. The number of nitrogens with zero attached hydrogens (tertiary/aromatic N) is 2. The molecule has 1 fully saturated rings. The van der Waals surface area contributed by atoms with Gasteiger partial charge in [-0.05, 0) is 39.7 Å². The van der Waals surface area contributed by atoms with Crippen LogP contribution in [0.3, 0.4) is 0 Å². The molecule has 1 N–H and O–H groups in total. The third kappa shape index (κ3) is 4.15. The molecule has 1 heterocycles. The summed E-state index contributed by atoms with van der Waals surface area (Å²) in [5.74, 6) is -0.559. The molecule has 0 radical (unpaired) electrons. The zero-order valence-corrected chi connectivity index (χ0v) is 17.0. The zero-order chi connectivity index (χ0) is 20.2. The lowest BCUT2D eigenvalue weighted by atomic mass is 9.85. The van der Waals surface area contributed by atoms with Gasteiger partial charge in [-0.25, -0.2) is 4.79 Å². The van der Waals surface area contributed by atoms with E-state index in [1.165, 1.54) is 0 Å². The van der Waals surface area contributed by atoms with Gasteiger partial charge in [0.05, 0.1) is 0 Å². The third-order valence-corrected chi connectivity index (χ3v) is 5.04. The van der Waals surface area contributed by atoms with E-state index in [9.17, 15) is 14.4 Å². The molecular formula is C21H31N3O3. The summed E-state index contributed by atoms with van der Waals surface area (Å²) in [6.07, 6.45) is 2.22. The first-order chi connectivity index (χ1) is 12.7. The summed E-state index contributed by atoms with van der Waals surface area (Å²) in [5.41, 5.74) is -0.328.